The lowest BCUT2D eigenvalue weighted by molar-refractivity contribution is -0.113. The SMILES string of the molecule is CCn1c(SCC(=O)Nc2cccc3ccn(C)c23)nnc1-c1cccs1. The van der Waals surface area contributed by atoms with Crippen LogP contribution in [0.3, 0.4) is 0 Å². The van der Waals surface area contributed by atoms with Gasteiger partial charge in [0.1, 0.15) is 0 Å². The molecule has 0 unspecified atom stereocenters. The summed E-state index contributed by atoms with van der Waals surface area (Å²) in [5.41, 5.74) is 1.84. The molecule has 0 aliphatic carbocycles. The lowest BCUT2D eigenvalue weighted by Crippen LogP contribution is -2.15. The van der Waals surface area contributed by atoms with Crippen molar-refractivity contribution in [3.05, 3.63) is 48.0 Å². The van der Waals surface area contributed by atoms with Crippen LogP contribution in [0.25, 0.3) is 21.6 Å². The Kier molecular flexibility index (Phi) is 5.00. The van der Waals surface area contributed by atoms with Gasteiger partial charge in [-0.3, -0.25) is 4.79 Å². The van der Waals surface area contributed by atoms with Crippen molar-refractivity contribution in [2.75, 3.05) is 11.1 Å². The van der Waals surface area contributed by atoms with Gasteiger partial charge in [-0.05, 0) is 30.5 Å². The molecule has 0 fully saturated rings. The molecule has 1 N–H and O–H groups in total. The Bertz CT molecular complexity index is 1080. The third-order valence-electron chi connectivity index (χ3n) is 4.28. The van der Waals surface area contributed by atoms with Gasteiger partial charge < -0.3 is 14.5 Å². The average Bonchev–Trinajstić information content (AvgIpc) is 3.40. The number of nitrogens with one attached hydrogen (secondary N) is 1. The van der Waals surface area contributed by atoms with Crippen molar-refractivity contribution in [2.24, 2.45) is 7.05 Å². The van der Waals surface area contributed by atoms with E-state index in [4.69, 9.17) is 0 Å². The van der Waals surface area contributed by atoms with Crippen LogP contribution in [0.5, 0.6) is 0 Å². The van der Waals surface area contributed by atoms with Gasteiger partial charge in [0.2, 0.25) is 5.91 Å². The van der Waals surface area contributed by atoms with Gasteiger partial charge in [0.05, 0.1) is 21.8 Å². The topological polar surface area (TPSA) is 64.7 Å². The van der Waals surface area contributed by atoms with E-state index in [-0.39, 0.29) is 11.7 Å². The molecule has 0 radical (unpaired) electrons. The fraction of sp³-hybridized carbons (Fsp3) is 0.211. The Morgan fingerprint density at radius 2 is 2.11 bits per heavy atom. The molecule has 0 atom stereocenters. The molecule has 3 heterocycles. The molecule has 0 saturated heterocycles. The van der Waals surface area contributed by atoms with Crippen LogP contribution in [0.15, 0.2) is 53.1 Å². The fourth-order valence-corrected chi connectivity index (χ4v) is 4.56. The fourth-order valence-electron chi connectivity index (χ4n) is 3.04. The van der Waals surface area contributed by atoms with Crippen LogP contribution in [0.4, 0.5) is 5.69 Å². The van der Waals surface area contributed by atoms with Crippen LogP contribution in [-0.2, 0) is 18.4 Å². The molecule has 3 aromatic heterocycles. The molecule has 0 bridgehead atoms. The second-order valence-corrected chi connectivity index (χ2v) is 7.92. The predicted molar refractivity (Wildman–Crippen MR) is 111 cm³/mol. The molecule has 0 aliphatic rings. The molecule has 8 heteroatoms. The van der Waals surface area contributed by atoms with Crippen molar-refractivity contribution in [3.63, 3.8) is 0 Å². The number of fused-ring (bicyclic) bond motifs is 1. The van der Waals surface area contributed by atoms with Gasteiger partial charge in [0.15, 0.2) is 11.0 Å². The number of aryl methyl sites for hydroxylation is 1. The standard InChI is InChI=1S/C19H19N5OS2/c1-3-24-18(15-8-5-11-26-15)21-22-19(24)27-12-16(25)20-14-7-4-6-13-9-10-23(2)17(13)14/h4-11H,3,12H2,1-2H3,(H,20,25). The maximum absolute atomic E-state index is 12.5. The van der Waals surface area contributed by atoms with Gasteiger partial charge in [0.25, 0.3) is 0 Å². The van der Waals surface area contributed by atoms with Crippen molar-refractivity contribution in [3.8, 4) is 10.7 Å². The molecule has 0 saturated carbocycles. The zero-order valence-electron chi connectivity index (χ0n) is 15.0. The minimum atomic E-state index is -0.0583. The number of nitrogens with zero attached hydrogens (tertiary/aromatic N) is 4. The molecule has 27 heavy (non-hydrogen) atoms. The van der Waals surface area contributed by atoms with E-state index in [1.165, 1.54) is 11.8 Å². The highest BCUT2D eigenvalue weighted by Gasteiger charge is 2.16. The first kappa shape index (κ1) is 17.8. The minimum Gasteiger partial charge on any atom is -0.349 e. The largest absolute Gasteiger partial charge is 0.349 e. The van der Waals surface area contributed by atoms with Crippen LogP contribution in [0.2, 0.25) is 0 Å². The maximum Gasteiger partial charge on any atom is 0.234 e. The van der Waals surface area contributed by atoms with Crippen LogP contribution in [-0.4, -0.2) is 31.0 Å². The van der Waals surface area contributed by atoms with Crippen LogP contribution in [0.1, 0.15) is 6.92 Å². The first-order chi connectivity index (χ1) is 13.2. The number of hydrogen-bond donors (Lipinski definition) is 1. The number of amides is 1. The molecule has 1 amide bonds. The summed E-state index contributed by atoms with van der Waals surface area (Å²) in [5.74, 6) is 1.07. The highest BCUT2D eigenvalue weighted by atomic mass is 32.2. The van der Waals surface area contributed by atoms with E-state index < -0.39 is 0 Å². The van der Waals surface area contributed by atoms with Crippen LogP contribution < -0.4 is 5.32 Å². The summed E-state index contributed by atoms with van der Waals surface area (Å²) in [7, 11) is 1.97. The van der Waals surface area contributed by atoms with Crippen molar-refractivity contribution in [1.82, 2.24) is 19.3 Å². The van der Waals surface area contributed by atoms with E-state index >= 15 is 0 Å². The zero-order chi connectivity index (χ0) is 18.8. The number of rotatable bonds is 6. The first-order valence-electron chi connectivity index (χ1n) is 8.61. The third kappa shape index (κ3) is 3.50. The van der Waals surface area contributed by atoms with Gasteiger partial charge in [-0.2, -0.15) is 0 Å². The monoisotopic (exact) mass is 397 g/mol. The summed E-state index contributed by atoms with van der Waals surface area (Å²) in [5, 5.41) is 15.5. The summed E-state index contributed by atoms with van der Waals surface area (Å²) in [6.45, 7) is 2.81. The predicted octanol–water partition coefficient (Wildman–Crippen LogP) is 4.25. The molecule has 6 nitrogen and oxygen atoms in total. The molecular weight excluding hydrogens is 378 g/mol. The van der Waals surface area contributed by atoms with E-state index in [9.17, 15) is 4.79 Å². The molecule has 4 aromatic rings. The van der Waals surface area contributed by atoms with Crippen LogP contribution >= 0.6 is 23.1 Å². The van der Waals surface area contributed by atoms with Gasteiger partial charge in [-0.25, -0.2) is 0 Å². The summed E-state index contributed by atoms with van der Waals surface area (Å²) < 4.78 is 4.06. The highest BCUT2D eigenvalue weighted by molar-refractivity contribution is 7.99. The van der Waals surface area contributed by atoms with E-state index in [2.05, 4.69) is 22.4 Å². The lowest BCUT2D eigenvalue weighted by Gasteiger charge is -2.09. The van der Waals surface area contributed by atoms with E-state index in [1.807, 2.05) is 64.2 Å². The summed E-state index contributed by atoms with van der Waals surface area (Å²) in [4.78, 5) is 13.6. The quantitative estimate of drug-likeness (QED) is 0.494. The van der Waals surface area contributed by atoms with Crippen molar-refractivity contribution >= 4 is 45.6 Å². The molecule has 0 aliphatic heterocycles. The first-order valence-corrected chi connectivity index (χ1v) is 10.5. The molecule has 1 aromatic carbocycles. The normalized spacial score (nSPS) is 11.2. The summed E-state index contributed by atoms with van der Waals surface area (Å²) in [6.07, 6.45) is 1.99. The smallest absolute Gasteiger partial charge is 0.234 e. The van der Waals surface area contributed by atoms with Crippen molar-refractivity contribution in [1.29, 1.82) is 0 Å². The molecule has 138 valence electrons. The second-order valence-electron chi connectivity index (χ2n) is 6.03. The number of para-hydroxylation sites is 1. The summed E-state index contributed by atoms with van der Waals surface area (Å²) in [6, 6.07) is 12.0. The van der Waals surface area contributed by atoms with Gasteiger partial charge >= 0.3 is 0 Å². The van der Waals surface area contributed by atoms with Gasteiger partial charge in [-0.1, -0.05) is 30.0 Å². The molecule has 4 rings (SSSR count). The summed E-state index contributed by atoms with van der Waals surface area (Å²) >= 11 is 3.04. The number of carbonyl (C=O) groups excluding carboxylic acids is 1. The number of benzene rings is 1. The highest BCUT2D eigenvalue weighted by Crippen LogP contribution is 2.28. The Balaban J connectivity index is 1.47. The number of anilines is 1. The Labute approximate surface area is 165 Å². The Hall–Kier alpha value is -2.58. The van der Waals surface area contributed by atoms with Crippen molar-refractivity contribution in [2.45, 2.75) is 18.6 Å². The van der Waals surface area contributed by atoms with Gasteiger partial charge in [-0.15, -0.1) is 21.5 Å². The second kappa shape index (κ2) is 7.58. The van der Waals surface area contributed by atoms with Crippen LogP contribution in [0, 0.1) is 0 Å². The number of thiophene rings is 1. The Morgan fingerprint density at radius 1 is 1.22 bits per heavy atom. The molecule has 0 spiro atoms. The lowest BCUT2D eigenvalue weighted by atomic mass is 10.2. The van der Waals surface area contributed by atoms with Gasteiger partial charge in [0, 0.05) is 25.2 Å². The Morgan fingerprint density at radius 3 is 2.89 bits per heavy atom. The maximum atomic E-state index is 12.5. The number of hydrogen-bond acceptors (Lipinski definition) is 5. The van der Waals surface area contributed by atoms with Crippen molar-refractivity contribution < 1.29 is 4.79 Å². The van der Waals surface area contributed by atoms with E-state index in [0.717, 1.165) is 39.0 Å². The van der Waals surface area contributed by atoms with E-state index in [0.29, 0.717) is 0 Å². The minimum absolute atomic E-state index is 0.0583. The average molecular weight is 398 g/mol. The third-order valence-corrected chi connectivity index (χ3v) is 6.11. The number of thioether (sulfide) groups is 1. The zero-order valence-corrected chi connectivity index (χ0v) is 16.7. The number of aromatic nitrogens is 4. The number of carbonyl (C=O) groups is 1. The molecular formula is C19H19N5OS2. The van der Waals surface area contributed by atoms with E-state index in [1.54, 1.807) is 11.3 Å².